The van der Waals surface area contributed by atoms with E-state index in [0.29, 0.717) is 36.0 Å². The third-order valence-electron chi connectivity index (χ3n) is 6.80. The van der Waals surface area contributed by atoms with Crippen molar-refractivity contribution in [3.05, 3.63) is 81.5 Å². The molecule has 0 amide bonds. The standard InChI is InChI=1S/C25H23FN6O2S2/c1-16-13-27-24(35-16)23(33)25-12-17-14-28-32(20-5-3-19(26)4-6-20)21(17)11-18(25)7-10-31(15-25)36(34)22-8-9-30(2)29-22/h3-6,8-9,11,13-14H,7,10,12,15H2,1-2H3. The second-order valence-corrected chi connectivity index (χ2v) is 11.8. The topological polar surface area (TPSA) is 85.9 Å². The van der Waals surface area contributed by atoms with Crippen LogP contribution < -0.4 is 0 Å². The first-order chi connectivity index (χ1) is 17.3. The highest BCUT2D eigenvalue weighted by Gasteiger charge is 2.50. The minimum atomic E-state index is -1.49. The van der Waals surface area contributed by atoms with E-state index in [0.717, 1.165) is 27.4 Å². The van der Waals surface area contributed by atoms with Crippen LogP contribution in [-0.4, -0.2) is 51.9 Å². The Morgan fingerprint density at radius 1 is 1.19 bits per heavy atom. The number of nitrogens with zero attached hydrogens (tertiary/aromatic N) is 6. The number of fused-ring (bicyclic) bond motifs is 2. The number of Topliss-reactive ketones (excluding diaryl/α,β-unsaturated/α-hetero) is 1. The van der Waals surface area contributed by atoms with E-state index in [1.54, 1.807) is 53.2 Å². The van der Waals surface area contributed by atoms with Crippen molar-refractivity contribution in [2.24, 2.45) is 12.5 Å². The number of ketones is 1. The second-order valence-electron chi connectivity index (χ2n) is 9.17. The molecule has 11 heteroatoms. The molecular weight excluding hydrogens is 499 g/mol. The summed E-state index contributed by atoms with van der Waals surface area (Å²) in [6.45, 7) is 2.75. The van der Waals surface area contributed by atoms with Crippen molar-refractivity contribution in [3.8, 4) is 5.69 Å². The summed E-state index contributed by atoms with van der Waals surface area (Å²) in [5, 5.41) is 9.82. The predicted molar refractivity (Wildman–Crippen MR) is 135 cm³/mol. The van der Waals surface area contributed by atoms with Gasteiger partial charge in [0.2, 0.25) is 5.78 Å². The average Bonchev–Trinajstić information content (AvgIpc) is 3.61. The van der Waals surface area contributed by atoms with Crippen LogP contribution in [0, 0.1) is 18.2 Å². The molecule has 0 spiro atoms. The first kappa shape index (κ1) is 23.1. The van der Waals surface area contributed by atoms with Crippen molar-refractivity contribution in [1.29, 1.82) is 0 Å². The third kappa shape index (κ3) is 3.78. The van der Waals surface area contributed by atoms with Crippen LogP contribution in [0.2, 0.25) is 0 Å². The molecule has 0 N–H and O–H groups in total. The molecule has 1 fully saturated rings. The Morgan fingerprint density at radius 2 is 2.00 bits per heavy atom. The summed E-state index contributed by atoms with van der Waals surface area (Å²) >= 11 is 1.38. The van der Waals surface area contributed by atoms with Gasteiger partial charge in [0.05, 0.1) is 23.0 Å². The molecule has 2 atom stereocenters. The molecular formula is C25H23FN6O2S2. The monoisotopic (exact) mass is 522 g/mol. The molecule has 8 nitrogen and oxygen atoms in total. The van der Waals surface area contributed by atoms with E-state index in [1.807, 2.05) is 17.3 Å². The number of hydrogen-bond acceptors (Lipinski definition) is 6. The first-order valence-corrected chi connectivity index (χ1v) is 13.4. The number of piperidine rings is 1. The van der Waals surface area contributed by atoms with Gasteiger partial charge in [-0.2, -0.15) is 10.2 Å². The fourth-order valence-corrected chi connectivity index (χ4v) is 7.07. The Morgan fingerprint density at radius 3 is 2.69 bits per heavy atom. The molecule has 36 heavy (non-hydrogen) atoms. The lowest BCUT2D eigenvalue weighted by atomic mass is 9.66. The molecule has 1 saturated heterocycles. The van der Waals surface area contributed by atoms with Gasteiger partial charge in [0.25, 0.3) is 0 Å². The maximum Gasteiger partial charge on any atom is 0.203 e. The van der Waals surface area contributed by atoms with E-state index in [4.69, 9.17) is 0 Å². The molecule has 184 valence electrons. The molecule has 1 aliphatic carbocycles. The Kier molecular flexibility index (Phi) is 5.58. The van der Waals surface area contributed by atoms with Crippen molar-refractivity contribution in [2.75, 3.05) is 13.1 Å². The number of aromatic nitrogens is 5. The van der Waals surface area contributed by atoms with Crippen molar-refractivity contribution in [1.82, 2.24) is 28.9 Å². The SMILES string of the molecule is Cc1cnc(C(=O)C23Cc4cnn(-c5ccc(F)cc5)c4C=C2CCN(S(=O)c2ccn(C)n2)C3)s1. The molecule has 4 heterocycles. The molecule has 2 unspecified atom stereocenters. The lowest BCUT2D eigenvalue weighted by molar-refractivity contribution is 0.0778. The number of carbonyl (C=O) groups is 1. The molecule has 0 saturated carbocycles. The van der Waals surface area contributed by atoms with Gasteiger partial charge in [-0.3, -0.25) is 9.48 Å². The largest absolute Gasteiger partial charge is 0.290 e. The number of hydrogen-bond donors (Lipinski definition) is 0. The second kappa shape index (κ2) is 8.68. The normalized spacial score (nSPS) is 20.5. The molecule has 1 aromatic carbocycles. The van der Waals surface area contributed by atoms with Gasteiger partial charge in [-0.25, -0.2) is 22.6 Å². The average molecular weight is 523 g/mol. The Balaban J connectivity index is 1.43. The van der Waals surface area contributed by atoms with E-state index in [9.17, 15) is 13.4 Å². The number of carbonyl (C=O) groups excluding carboxylic acids is 1. The summed E-state index contributed by atoms with van der Waals surface area (Å²) in [7, 11) is 0.293. The highest BCUT2D eigenvalue weighted by molar-refractivity contribution is 7.82. The van der Waals surface area contributed by atoms with E-state index in [-0.39, 0.29) is 11.6 Å². The summed E-state index contributed by atoms with van der Waals surface area (Å²) in [4.78, 5) is 19.5. The van der Waals surface area contributed by atoms with E-state index in [2.05, 4.69) is 15.2 Å². The predicted octanol–water partition coefficient (Wildman–Crippen LogP) is 3.75. The highest BCUT2D eigenvalue weighted by atomic mass is 32.2. The summed E-state index contributed by atoms with van der Waals surface area (Å²) in [6, 6.07) is 7.93. The summed E-state index contributed by atoms with van der Waals surface area (Å²) in [5.74, 6) is -0.371. The van der Waals surface area contributed by atoms with E-state index >= 15 is 0 Å². The van der Waals surface area contributed by atoms with E-state index in [1.165, 1.54) is 23.5 Å². The van der Waals surface area contributed by atoms with Crippen LogP contribution in [0.3, 0.4) is 0 Å². The van der Waals surface area contributed by atoms with Gasteiger partial charge in [-0.15, -0.1) is 11.3 Å². The van der Waals surface area contributed by atoms with Gasteiger partial charge < -0.3 is 0 Å². The number of aryl methyl sites for hydroxylation is 2. The quantitative estimate of drug-likeness (QED) is 0.373. The maximum atomic E-state index is 14.1. The minimum absolute atomic E-state index is 0.0604. The number of thiazole rings is 1. The molecule has 2 aliphatic rings. The zero-order chi connectivity index (χ0) is 25.0. The maximum absolute atomic E-state index is 14.1. The Bertz CT molecular complexity index is 1540. The van der Waals surface area contributed by atoms with Crippen molar-refractivity contribution in [3.63, 3.8) is 0 Å². The summed E-state index contributed by atoms with van der Waals surface area (Å²) < 4.78 is 32.2. The van der Waals surface area contributed by atoms with Crippen LogP contribution in [0.4, 0.5) is 4.39 Å². The summed E-state index contributed by atoms with van der Waals surface area (Å²) in [5.41, 5.74) is 2.62. The third-order valence-corrected chi connectivity index (χ3v) is 9.07. The van der Waals surface area contributed by atoms with Gasteiger partial charge in [0.15, 0.2) is 10.0 Å². The molecule has 4 aromatic rings. The fourth-order valence-electron chi connectivity index (χ4n) is 5.03. The lowest BCUT2D eigenvalue weighted by Gasteiger charge is -2.44. The molecule has 1 aliphatic heterocycles. The molecule has 6 rings (SSSR count). The lowest BCUT2D eigenvalue weighted by Crippen LogP contribution is -2.52. The number of benzene rings is 1. The van der Waals surface area contributed by atoms with Crippen LogP contribution in [0.1, 0.15) is 32.4 Å². The Hall–Kier alpha value is -3.28. The van der Waals surface area contributed by atoms with Gasteiger partial charge in [-0.05, 0) is 61.7 Å². The summed E-state index contributed by atoms with van der Waals surface area (Å²) in [6.07, 6.45) is 8.27. The van der Waals surface area contributed by atoms with Crippen LogP contribution in [0.25, 0.3) is 11.8 Å². The van der Waals surface area contributed by atoms with Crippen LogP contribution in [-0.2, 0) is 24.5 Å². The van der Waals surface area contributed by atoms with Crippen LogP contribution >= 0.6 is 11.3 Å². The first-order valence-electron chi connectivity index (χ1n) is 11.5. The van der Waals surface area contributed by atoms with Gasteiger partial charge in [-0.1, -0.05) is 5.57 Å². The van der Waals surface area contributed by atoms with Crippen LogP contribution in [0.15, 0.2) is 59.5 Å². The molecule has 3 aromatic heterocycles. The smallest absolute Gasteiger partial charge is 0.203 e. The van der Waals surface area contributed by atoms with Gasteiger partial charge >= 0.3 is 0 Å². The van der Waals surface area contributed by atoms with Crippen molar-refractivity contribution < 1.29 is 13.4 Å². The van der Waals surface area contributed by atoms with Crippen molar-refractivity contribution in [2.45, 2.75) is 24.8 Å². The zero-order valence-electron chi connectivity index (χ0n) is 19.7. The minimum Gasteiger partial charge on any atom is -0.290 e. The number of rotatable bonds is 5. The van der Waals surface area contributed by atoms with E-state index < -0.39 is 16.4 Å². The zero-order valence-corrected chi connectivity index (χ0v) is 21.4. The highest BCUT2D eigenvalue weighted by Crippen LogP contribution is 2.47. The molecule has 0 bridgehead atoms. The fraction of sp³-hybridized carbons (Fsp3) is 0.280. The molecule has 0 radical (unpaired) electrons. The van der Waals surface area contributed by atoms with Gasteiger partial charge in [0.1, 0.15) is 16.8 Å². The van der Waals surface area contributed by atoms with Gasteiger partial charge in [0, 0.05) is 37.4 Å². The number of halogens is 1. The van der Waals surface area contributed by atoms with Crippen LogP contribution in [0.5, 0.6) is 0 Å². The Labute approximate surface area is 213 Å². The van der Waals surface area contributed by atoms with Crippen molar-refractivity contribution >= 4 is 34.2 Å².